The molecule has 0 aliphatic heterocycles. The Morgan fingerprint density at radius 1 is 1.17 bits per heavy atom. The Hall–Kier alpha value is -1.48. The van der Waals surface area contributed by atoms with E-state index >= 15 is 0 Å². The standard InChI is InChI=1S/C15H26N4O3S/c1-18(2)10-6-9-16-12-15(20)17-13-7-5-8-14(11-13)23(21,22)19(3)4/h5,7-8,11,16H,6,9-10,12H2,1-4H3,(H,17,20). The maximum absolute atomic E-state index is 12.1. The molecule has 1 aromatic rings. The van der Waals surface area contributed by atoms with Crippen molar-refractivity contribution in [1.29, 1.82) is 0 Å². The maximum atomic E-state index is 12.1. The van der Waals surface area contributed by atoms with E-state index in [1.54, 1.807) is 12.1 Å². The van der Waals surface area contributed by atoms with Crippen molar-refractivity contribution in [2.24, 2.45) is 0 Å². The van der Waals surface area contributed by atoms with Gasteiger partial charge in [-0.3, -0.25) is 4.79 Å². The van der Waals surface area contributed by atoms with Crippen molar-refractivity contribution in [3.8, 4) is 0 Å². The molecule has 1 aromatic carbocycles. The summed E-state index contributed by atoms with van der Waals surface area (Å²) < 4.78 is 25.3. The summed E-state index contributed by atoms with van der Waals surface area (Å²) in [7, 11) is 3.44. The summed E-state index contributed by atoms with van der Waals surface area (Å²) in [4.78, 5) is 14.1. The summed E-state index contributed by atoms with van der Waals surface area (Å²) in [6.45, 7) is 1.90. The second kappa shape index (κ2) is 8.97. The summed E-state index contributed by atoms with van der Waals surface area (Å²) >= 11 is 0. The molecule has 7 nitrogen and oxygen atoms in total. The van der Waals surface area contributed by atoms with E-state index in [0.29, 0.717) is 5.69 Å². The van der Waals surface area contributed by atoms with Gasteiger partial charge in [-0.2, -0.15) is 0 Å². The maximum Gasteiger partial charge on any atom is 0.242 e. The van der Waals surface area contributed by atoms with Crippen LogP contribution >= 0.6 is 0 Å². The van der Waals surface area contributed by atoms with Crippen molar-refractivity contribution in [1.82, 2.24) is 14.5 Å². The third-order valence-electron chi connectivity index (χ3n) is 3.14. The fraction of sp³-hybridized carbons (Fsp3) is 0.533. The largest absolute Gasteiger partial charge is 0.325 e. The van der Waals surface area contributed by atoms with Gasteiger partial charge in [-0.25, -0.2) is 12.7 Å². The van der Waals surface area contributed by atoms with Crippen LogP contribution in [0.2, 0.25) is 0 Å². The van der Waals surface area contributed by atoms with E-state index in [0.717, 1.165) is 23.8 Å². The molecule has 0 fully saturated rings. The first-order valence-electron chi connectivity index (χ1n) is 7.41. The van der Waals surface area contributed by atoms with Gasteiger partial charge < -0.3 is 15.5 Å². The molecule has 0 saturated carbocycles. The van der Waals surface area contributed by atoms with E-state index in [9.17, 15) is 13.2 Å². The third kappa shape index (κ3) is 6.66. The molecule has 0 unspecified atom stereocenters. The van der Waals surface area contributed by atoms with Gasteiger partial charge in [-0.05, 0) is 51.8 Å². The molecule has 130 valence electrons. The average molecular weight is 342 g/mol. The predicted molar refractivity (Wildman–Crippen MR) is 92.0 cm³/mol. The number of hydrogen-bond acceptors (Lipinski definition) is 5. The lowest BCUT2D eigenvalue weighted by molar-refractivity contribution is -0.115. The summed E-state index contributed by atoms with van der Waals surface area (Å²) in [5.74, 6) is -0.200. The molecule has 23 heavy (non-hydrogen) atoms. The predicted octanol–water partition coefficient (Wildman–Crippen LogP) is 0.417. The molecule has 0 heterocycles. The van der Waals surface area contributed by atoms with E-state index in [1.165, 1.54) is 26.2 Å². The number of amides is 1. The van der Waals surface area contributed by atoms with Crippen LogP contribution in [0.4, 0.5) is 5.69 Å². The highest BCUT2D eigenvalue weighted by Crippen LogP contribution is 2.17. The van der Waals surface area contributed by atoms with Gasteiger partial charge in [0.15, 0.2) is 0 Å². The van der Waals surface area contributed by atoms with Crippen molar-refractivity contribution < 1.29 is 13.2 Å². The summed E-state index contributed by atoms with van der Waals surface area (Å²) in [5.41, 5.74) is 0.466. The fourth-order valence-corrected chi connectivity index (χ4v) is 2.82. The van der Waals surface area contributed by atoms with E-state index < -0.39 is 10.0 Å². The van der Waals surface area contributed by atoms with Crippen LogP contribution in [0.15, 0.2) is 29.2 Å². The van der Waals surface area contributed by atoms with Gasteiger partial charge in [0, 0.05) is 19.8 Å². The van der Waals surface area contributed by atoms with Crippen LogP contribution in [0.1, 0.15) is 6.42 Å². The molecule has 0 aliphatic carbocycles. The summed E-state index contributed by atoms with van der Waals surface area (Å²) in [6, 6.07) is 6.24. The molecule has 0 atom stereocenters. The van der Waals surface area contributed by atoms with E-state index in [-0.39, 0.29) is 17.3 Å². The van der Waals surface area contributed by atoms with Gasteiger partial charge in [0.1, 0.15) is 0 Å². The topological polar surface area (TPSA) is 81.8 Å². The number of hydrogen-bond donors (Lipinski definition) is 2. The zero-order valence-electron chi connectivity index (χ0n) is 14.2. The molecule has 0 radical (unpaired) electrons. The Balaban J connectivity index is 2.53. The van der Waals surface area contributed by atoms with Crippen LogP contribution in [0.5, 0.6) is 0 Å². The minimum absolute atomic E-state index is 0.152. The number of carbonyl (C=O) groups is 1. The molecule has 2 N–H and O–H groups in total. The van der Waals surface area contributed by atoms with E-state index in [4.69, 9.17) is 0 Å². The second-order valence-corrected chi connectivity index (χ2v) is 7.85. The Bertz CT molecular complexity index is 615. The van der Waals surface area contributed by atoms with Gasteiger partial charge >= 0.3 is 0 Å². The van der Waals surface area contributed by atoms with Crippen LogP contribution in [0.25, 0.3) is 0 Å². The van der Waals surface area contributed by atoms with Crippen molar-refractivity contribution >= 4 is 21.6 Å². The van der Waals surface area contributed by atoms with Gasteiger partial charge in [-0.15, -0.1) is 0 Å². The minimum atomic E-state index is -3.51. The van der Waals surface area contributed by atoms with Crippen molar-refractivity contribution in [3.05, 3.63) is 24.3 Å². The lowest BCUT2D eigenvalue weighted by atomic mass is 10.3. The highest BCUT2D eigenvalue weighted by atomic mass is 32.2. The zero-order chi connectivity index (χ0) is 17.5. The number of nitrogens with one attached hydrogen (secondary N) is 2. The Morgan fingerprint density at radius 3 is 2.48 bits per heavy atom. The third-order valence-corrected chi connectivity index (χ3v) is 4.95. The monoisotopic (exact) mass is 342 g/mol. The van der Waals surface area contributed by atoms with Crippen LogP contribution < -0.4 is 10.6 Å². The SMILES string of the molecule is CN(C)CCCNCC(=O)Nc1cccc(S(=O)(=O)N(C)C)c1. The van der Waals surface area contributed by atoms with Crippen LogP contribution in [-0.2, 0) is 14.8 Å². The molecule has 0 aromatic heterocycles. The van der Waals surface area contributed by atoms with Crippen molar-refractivity contribution in [2.45, 2.75) is 11.3 Å². The highest BCUT2D eigenvalue weighted by molar-refractivity contribution is 7.89. The molecule has 1 amide bonds. The molecule has 0 aliphatic rings. The summed E-state index contributed by atoms with van der Waals surface area (Å²) in [6.07, 6.45) is 0.955. The smallest absolute Gasteiger partial charge is 0.242 e. The summed E-state index contributed by atoms with van der Waals surface area (Å²) in [5, 5.41) is 5.76. The molecule has 8 heteroatoms. The first-order chi connectivity index (χ1) is 10.7. The Morgan fingerprint density at radius 2 is 1.87 bits per heavy atom. The molecular formula is C15H26N4O3S. The van der Waals surface area contributed by atoms with Gasteiger partial charge in [0.2, 0.25) is 15.9 Å². The number of benzene rings is 1. The number of carbonyl (C=O) groups excluding carboxylic acids is 1. The first-order valence-corrected chi connectivity index (χ1v) is 8.85. The van der Waals surface area contributed by atoms with E-state index in [2.05, 4.69) is 15.5 Å². The van der Waals surface area contributed by atoms with Crippen molar-refractivity contribution in [2.75, 3.05) is 53.1 Å². The number of sulfonamides is 1. The van der Waals surface area contributed by atoms with Gasteiger partial charge in [0.05, 0.1) is 11.4 Å². The first kappa shape index (κ1) is 19.6. The number of anilines is 1. The van der Waals surface area contributed by atoms with Crippen molar-refractivity contribution in [3.63, 3.8) is 0 Å². The zero-order valence-corrected chi connectivity index (χ0v) is 15.0. The van der Waals surface area contributed by atoms with Gasteiger partial charge in [-0.1, -0.05) is 6.07 Å². The lowest BCUT2D eigenvalue weighted by Gasteiger charge is -2.13. The van der Waals surface area contributed by atoms with Crippen LogP contribution in [0.3, 0.4) is 0 Å². The molecule has 1 rings (SSSR count). The second-order valence-electron chi connectivity index (χ2n) is 5.70. The highest BCUT2D eigenvalue weighted by Gasteiger charge is 2.17. The normalized spacial score (nSPS) is 11.9. The number of nitrogens with zero attached hydrogens (tertiary/aromatic N) is 2. The van der Waals surface area contributed by atoms with Crippen LogP contribution in [0, 0.1) is 0 Å². The Kier molecular flexibility index (Phi) is 7.63. The van der Waals surface area contributed by atoms with Gasteiger partial charge in [0.25, 0.3) is 0 Å². The van der Waals surface area contributed by atoms with Crippen LogP contribution in [-0.4, -0.2) is 71.4 Å². The quantitative estimate of drug-likeness (QED) is 0.636. The molecule has 0 bridgehead atoms. The lowest BCUT2D eigenvalue weighted by Crippen LogP contribution is -2.30. The molecule has 0 saturated heterocycles. The minimum Gasteiger partial charge on any atom is -0.325 e. The molecular weight excluding hydrogens is 316 g/mol. The fourth-order valence-electron chi connectivity index (χ4n) is 1.87. The van der Waals surface area contributed by atoms with E-state index in [1.807, 2.05) is 14.1 Å². The number of rotatable bonds is 9. The Labute approximate surface area is 138 Å². The average Bonchev–Trinajstić information content (AvgIpc) is 2.46. The molecule has 0 spiro atoms.